The van der Waals surface area contributed by atoms with Crippen LogP contribution in [0.2, 0.25) is 5.02 Å². The van der Waals surface area contributed by atoms with Crippen LogP contribution in [-0.4, -0.2) is 32.6 Å². The Morgan fingerprint density at radius 2 is 1.89 bits per heavy atom. The average Bonchev–Trinajstić information content (AvgIpc) is 2.65. The summed E-state index contributed by atoms with van der Waals surface area (Å²) in [5.41, 5.74) is 2.00. The molecule has 7 heteroatoms. The van der Waals surface area contributed by atoms with Gasteiger partial charge in [-0.2, -0.15) is 0 Å². The Hall–Kier alpha value is -2.73. The summed E-state index contributed by atoms with van der Waals surface area (Å²) in [6.45, 7) is 3.48. The normalized spacial score (nSPS) is 10.3. The maximum Gasteiger partial charge on any atom is 0.226 e. The van der Waals surface area contributed by atoms with Crippen LogP contribution in [-0.2, 0) is 9.59 Å². The second-order valence-corrected chi connectivity index (χ2v) is 6.33. The first-order valence-electron chi connectivity index (χ1n) is 8.42. The number of halogens is 1. The molecule has 0 aliphatic rings. The Kier molecular flexibility index (Phi) is 7.07. The van der Waals surface area contributed by atoms with Crippen LogP contribution < -0.4 is 19.7 Å². The quantitative estimate of drug-likeness (QED) is 0.774. The maximum absolute atomic E-state index is 12.4. The fourth-order valence-corrected chi connectivity index (χ4v) is 2.80. The van der Waals surface area contributed by atoms with Crippen LogP contribution in [0, 0.1) is 6.92 Å². The largest absolute Gasteiger partial charge is 0.497 e. The second kappa shape index (κ2) is 9.28. The van der Waals surface area contributed by atoms with Crippen molar-refractivity contribution in [1.82, 2.24) is 0 Å². The summed E-state index contributed by atoms with van der Waals surface area (Å²) in [5, 5.41) is 3.41. The van der Waals surface area contributed by atoms with Gasteiger partial charge in [-0.3, -0.25) is 9.59 Å². The first-order chi connectivity index (χ1) is 12.9. The minimum Gasteiger partial charge on any atom is -0.497 e. The lowest BCUT2D eigenvalue weighted by Crippen LogP contribution is -2.32. The van der Waals surface area contributed by atoms with Crippen molar-refractivity contribution in [2.45, 2.75) is 20.3 Å². The lowest BCUT2D eigenvalue weighted by atomic mass is 10.2. The molecule has 2 amide bonds. The minimum absolute atomic E-state index is 0.117. The van der Waals surface area contributed by atoms with E-state index in [1.807, 2.05) is 6.92 Å². The van der Waals surface area contributed by atoms with Crippen LogP contribution in [0.5, 0.6) is 11.5 Å². The number of amides is 2. The van der Waals surface area contributed by atoms with Crippen LogP contribution >= 0.6 is 11.6 Å². The molecule has 0 unspecified atom stereocenters. The van der Waals surface area contributed by atoms with Crippen LogP contribution in [0.15, 0.2) is 36.4 Å². The zero-order valence-corrected chi connectivity index (χ0v) is 16.6. The van der Waals surface area contributed by atoms with E-state index in [9.17, 15) is 9.59 Å². The molecule has 0 aromatic heterocycles. The summed E-state index contributed by atoms with van der Waals surface area (Å²) >= 11 is 6.08. The maximum atomic E-state index is 12.4. The van der Waals surface area contributed by atoms with E-state index < -0.39 is 0 Å². The van der Waals surface area contributed by atoms with E-state index in [1.165, 1.54) is 18.9 Å². The van der Waals surface area contributed by atoms with Crippen LogP contribution in [0.4, 0.5) is 11.4 Å². The number of rotatable bonds is 7. The third-order valence-electron chi connectivity index (χ3n) is 4.16. The van der Waals surface area contributed by atoms with E-state index in [-0.39, 0.29) is 24.8 Å². The predicted molar refractivity (Wildman–Crippen MR) is 107 cm³/mol. The number of anilines is 2. The number of hydrogen-bond donors (Lipinski definition) is 1. The SMILES string of the molecule is COc1ccc(OC)c(N(CCC(=O)Nc2cccc(Cl)c2C)C(C)=O)c1. The molecule has 6 nitrogen and oxygen atoms in total. The Balaban J connectivity index is 2.14. The molecule has 0 radical (unpaired) electrons. The van der Waals surface area contributed by atoms with Gasteiger partial charge in [-0.15, -0.1) is 0 Å². The lowest BCUT2D eigenvalue weighted by Gasteiger charge is -2.23. The van der Waals surface area contributed by atoms with E-state index >= 15 is 0 Å². The Morgan fingerprint density at radius 3 is 2.52 bits per heavy atom. The molecule has 0 fully saturated rings. The van der Waals surface area contributed by atoms with Gasteiger partial charge in [-0.1, -0.05) is 17.7 Å². The van der Waals surface area contributed by atoms with Crippen molar-refractivity contribution in [2.75, 3.05) is 31.0 Å². The van der Waals surface area contributed by atoms with Crippen molar-refractivity contribution in [2.24, 2.45) is 0 Å². The van der Waals surface area contributed by atoms with Gasteiger partial charge < -0.3 is 19.7 Å². The molecular weight excluding hydrogens is 368 g/mol. The van der Waals surface area contributed by atoms with Crippen molar-refractivity contribution < 1.29 is 19.1 Å². The second-order valence-electron chi connectivity index (χ2n) is 5.92. The summed E-state index contributed by atoms with van der Waals surface area (Å²) in [7, 11) is 3.07. The van der Waals surface area contributed by atoms with Gasteiger partial charge in [-0.05, 0) is 36.8 Å². The first-order valence-corrected chi connectivity index (χ1v) is 8.80. The minimum atomic E-state index is -0.214. The monoisotopic (exact) mass is 390 g/mol. The first kappa shape index (κ1) is 20.6. The molecule has 0 aliphatic carbocycles. The molecule has 0 spiro atoms. The van der Waals surface area contributed by atoms with Crippen molar-refractivity contribution >= 4 is 34.8 Å². The lowest BCUT2D eigenvalue weighted by molar-refractivity contribution is -0.117. The Bertz CT molecular complexity index is 839. The van der Waals surface area contributed by atoms with Crippen LogP contribution in [0.1, 0.15) is 18.9 Å². The smallest absolute Gasteiger partial charge is 0.226 e. The van der Waals surface area contributed by atoms with Gasteiger partial charge in [0.25, 0.3) is 0 Å². The summed E-state index contributed by atoms with van der Waals surface area (Å²) < 4.78 is 10.6. The van der Waals surface area contributed by atoms with Crippen molar-refractivity contribution in [3.05, 3.63) is 47.0 Å². The molecule has 0 saturated carbocycles. The molecule has 27 heavy (non-hydrogen) atoms. The summed E-state index contributed by atoms with van der Waals surface area (Å²) in [6, 6.07) is 10.5. The number of hydrogen-bond acceptors (Lipinski definition) is 4. The highest BCUT2D eigenvalue weighted by Gasteiger charge is 2.19. The molecule has 0 bridgehead atoms. The Labute approximate surface area is 164 Å². The summed E-state index contributed by atoms with van der Waals surface area (Å²) in [5.74, 6) is 0.704. The fourth-order valence-electron chi connectivity index (χ4n) is 2.62. The van der Waals surface area contributed by atoms with Gasteiger partial charge in [-0.25, -0.2) is 0 Å². The van der Waals surface area contributed by atoms with Gasteiger partial charge in [0.15, 0.2) is 0 Å². The number of benzene rings is 2. The highest BCUT2D eigenvalue weighted by molar-refractivity contribution is 6.31. The highest BCUT2D eigenvalue weighted by atomic mass is 35.5. The molecule has 2 aromatic carbocycles. The van der Waals surface area contributed by atoms with Gasteiger partial charge in [0, 0.05) is 36.7 Å². The third-order valence-corrected chi connectivity index (χ3v) is 4.57. The van der Waals surface area contributed by atoms with Crippen LogP contribution in [0.3, 0.4) is 0 Å². The molecule has 0 aliphatic heterocycles. The average molecular weight is 391 g/mol. The molecule has 144 valence electrons. The molecule has 0 atom stereocenters. The number of carbonyl (C=O) groups is 2. The van der Waals surface area contributed by atoms with Crippen molar-refractivity contribution in [3.8, 4) is 11.5 Å². The highest BCUT2D eigenvalue weighted by Crippen LogP contribution is 2.32. The Morgan fingerprint density at radius 1 is 1.15 bits per heavy atom. The molecule has 2 aromatic rings. The molecule has 1 N–H and O–H groups in total. The summed E-state index contributed by atoms with van der Waals surface area (Å²) in [6.07, 6.45) is 0.117. The van der Waals surface area contributed by atoms with E-state index in [2.05, 4.69) is 5.32 Å². The zero-order valence-electron chi connectivity index (χ0n) is 15.8. The number of nitrogens with one attached hydrogen (secondary N) is 1. The number of ether oxygens (including phenoxy) is 2. The fraction of sp³-hybridized carbons (Fsp3) is 0.300. The van der Waals surface area contributed by atoms with Crippen molar-refractivity contribution in [3.63, 3.8) is 0 Å². The number of methoxy groups -OCH3 is 2. The van der Waals surface area contributed by atoms with Gasteiger partial charge in [0.2, 0.25) is 11.8 Å². The molecule has 2 rings (SSSR count). The van der Waals surface area contributed by atoms with Crippen molar-refractivity contribution in [1.29, 1.82) is 0 Å². The predicted octanol–water partition coefficient (Wildman–Crippen LogP) is 4.05. The molecule has 0 heterocycles. The van der Waals surface area contributed by atoms with E-state index in [0.717, 1.165) is 5.56 Å². The van der Waals surface area contributed by atoms with Gasteiger partial charge in [0.05, 0.1) is 19.9 Å². The molecule has 0 saturated heterocycles. The van der Waals surface area contributed by atoms with Gasteiger partial charge >= 0.3 is 0 Å². The van der Waals surface area contributed by atoms with E-state index in [0.29, 0.717) is 27.9 Å². The van der Waals surface area contributed by atoms with E-state index in [1.54, 1.807) is 43.5 Å². The third kappa shape index (κ3) is 5.14. The topological polar surface area (TPSA) is 67.9 Å². The van der Waals surface area contributed by atoms with Gasteiger partial charge in [0.1, 0.15) is 11.5 Å². The standard InChI is InChI=1S/C20H23ClN2O4/c1-13-16(21)6-5-7-17(13)22-20(25)10-11-23(14(2)24)18-12-15(26-3)8-9-19(18)27-4/h5-9,12H,10-11H2,1-4H3,(H,22,25). The zero-order chi connectivity index (χ0) is 20.0. The number of nitrogens with zero attached hydrogens (tertiary/aromatic N) is 1. The molecular formula is C20H23ClN2O4. The number of carbonyl (C=O) groups excluding carboxylic acids is 2. The summed E-state index contributed by atoms with van der Waals surface area (Å²) in [4.78, 5) is 26.0. The van der Waals surface area contributed by atoms with Crippen LogP contribution in [0.25, 0.3) is 0 Å². The van der Waals surface area contributed by atoms with E-state index in [4.69, 9.17) is 21.1 Å².